The van der Waals surface area contributed by atoms with Gasteiger partial charge < -0.3 is 5.73 Å². The summed E-state index contributed by atoms with van der Waals surface area (Å²) in [7, 11) is 0. The van der Waals surface area contributed by atoms with Crippen molar-refractivity contribution >= 4 is 0 Å². The average molecular weight is 214 g/mol. The molecule has 2 rings (SSSR count). The molecule has 1 aromatic rings. The van der Waals surface area contributed by atoms with Crippen molar-refractivity contribution in [3.63, 3.8) is 0 Å². The van der Waals surface area contributed by atoms with Gasteiger partial charge in [-0.05, 0) is 29.9 Å². The van der Waals surface area contributed by atoms with Gasteiger partial charge in [-0.2, -0.15) is 5.26 Å². The minimum Gasteiger partial charge on any atom is -0.312 e. The first kappa shape index (κ1) is 11.2. The maximum atomic E-state index is 8.73. The molecule has 0 spiro atoms. The largest absolute Gasteiger partial charge is 0.312 e. The molecule has 0 radical (unpaired) electrons. The lowest BCUT2D eigenvalue weighted by Crippen LogP contribution is -2.08. The van der Waals surface area contributed by atoms with Crippen molar-refractivity contribution in [1.29, 1.82) is 5.26 Å². The zero-order valence-corrected chi connectivity index (χ0v) is 9.52. The normalized spacial score (nSPS) is 19.0. The Morgan fingerprint density at radius 3 is 2.31 bits per heavy atom. The van der Waals surface area contributed by atoms with Crippen molar-refractivity contribution in [2.45, 2.75) is 44.1 Å². The van der Waals surface area contributed by atoms with Gasteiger partial charge in [0.05, 0.1) is 6.07 Å². The third-order valence-corrected chi connectivity index (χ3v) is 3.51. The van der Waals surface area contributed by atoms with Crippen LogP contribution in [0.3, 0.4) is 0 Å². The smallest absolute Gasteiger partial charge is 0.118 e. The predicted molar refractivity (Wildman–Crippen MR) is 64.8 cm³/mol. The van der Waals surface area contributed by atoms with E-state index in [-0.39, 0.29) is 0 Å². The first-order valence-corrected chi connectivity index (χ1v) is 6.06. The van der Waals surface area contributed by atoms with E-state index < -0.39 is 6.04 Å². The van der Waals surface area contributed by atoms with Gasteiger partial charge in [0.1, 0.15) is 6.04 Å². The highest BCUT2D eigenvalue weighted by atomic mass is 14.6. The van der Waals surface area contributed by atoms with Crippen LogP contribution in [0.25, 0.3) is 0 Å². The van der Waals surface area contributed by atoms with Gasteiger partial charge in [-0.3, -0.25) is 0 Å². The molecule has 16 heavy (non-hydrogen) atoms. The molecule has 1 aromatic carbocycles. The monoisotopic (exact) mass is 214 g/mol. The highest BCUT2D eigenvalue weighted by Crippen LogP contribution is 2.32. The summed E-state index contributed by atoms with van der Waals surface area (Å²) in [4.78, 5) is 0. The minimum atomic E-state index is -0.486. The Morgan fingerprint density at radius 2 is 1.75 bits per heavy atom. The third kappa shape index (κ3) is 2.43. The van der Waals surface area contributed by atoms with Gasteiger partial charge in [0.2, 0.25) is 0 Å². The van der Waals surface area contributed by atoms with Gasteiger partial charge in [0.15, 0.2) is 0 Å². The average Bonchev–Trinajstić information content (AvgIpc) is 2.39. The Hall–Kier alpha value is -1.33. The summed E-state index contributed by atoms with van der Waals surface area (Å²) >= 11 is 0. The van der Waals surface area contributed by atoms with E-state index in [0.717, 1.165) is 11.5 Å². The van der Waals surface area contributed by atoms with Crippen LogP contribution < -0.4 is 5.73 Å². The molecule has 1 saturated carbocycles. The fourth-order valence-electron chi connectivity index (χ4n) is 2.49. The lowest BCUT2D eigenvalue weighted by atomic mass is 9.84. The Bertz CT molecular complexity index is 369. The predicted octanol–water partition coefficient (Wildman–Crippen LogP) is 3.26. The second-order valence-corrected chi connectivity index (χ2v) is 4.61. The molecule has 1 unspecified atom stereocenters. The van der Waals surface area contributed by atoms with Gasteiger partial charge in [-0.1, -0.05) is 43.5 Å². The molecular weight excluding hydrogens is 196 g/mol. The van der Waals surface area contributed by atoms with Crippen LogP contribution in [-0.2, 0) is 0 Å². The standard InChI is InChI=1S/C14H18N2/c15-10-14(16)13-8-6-12(7-9-13)11-4-2-1-3-5-11/h6-9,11,14H,1-5,16H2. The first-order chi connectivity index (χ1) is 7.81. The number of hydrogen-bond acceptors (Lipinski definition) is 2. The number of nitrogens with zero attached hydrogens (tertiary/aromatic N) is 1. The minimum absolute atomic E-state index is 0.486. The summed E-state index contributed by atoms with van der Waals surface area (Å²) in [5, 5.41) is 8.73. The second kappa shape index (κ2) is 5.14. The molecule has 0 heterocycles. The number of rotatable bonds is 2. The van der Waals surface area contributed by atoms with E-state index in [0.29, 0.717) is 0 Å². The van der Waals surface area contributed by atoms with Crippen LogP contribution in [0.1, 0.15) is 55.2 Å². The Kier molecular flexibility index (Phi) is 3.58. The highest BCUT2D eigenvalue weighted by Gasteiger charge is 2.15. The highest BCUT2D eigenvalue weighted by molar-refractivity contribution is 5.29. The number of benzene rings is 1. The Morgan fingerprint density at radius 1 is 1.12 bits per heavy atom. The molecule has 2 nitrogen and oxygen atoms in total. The molecule has 0 aromatic heterocycles. The number of nitrogens with two attached hydrogens (primary N) is 1. The van der Waals surface area contributed by atoms with Crippen LogP contribution in [0.15, 0.2) is 24.3 Å². The van der Waals surface area contributed by atoms with Crippen LogP contribution >= 0.6 is 0 Å². The van der Waals surface area contributed by atoms with Crippen molar-refractivity contribution < 1.29 is 0 Å². The Balaban J connectivity index is 2.09. The summed E-state index contributed by atoms with van der Waals surface area (Å²) in [6.45, 7) is 0. The van der Waals surface area contributed by atoms with Crippen LogP contribution in [0.4, 0.5) is 0 Å². The molecule has 1 fully saturated rings. The topological polar surface area (TPSA) is 49.8 Å². The summed E-state index contributed by atoms with van der Waals surface area (Å²) in [5.74, 6) is 0.723. The van der Waals surface area contributed by atoms with E-state index in [4.69, 9.17) is 11.0 Å². The molecule has 2 heteroatoms. The van der Waals surface area contributed by atoms with Crippen LogP contribution in [0.2, 0.25) is 0 Å². The van der Waals surface area contributed by atoms with Crippen molar-refractivity contribution in [2.75, 3.05) is 0 Å². The van der Waals surface area contributed by atoms with Crippen LogP contribution in [-0.4, -0.2) is 0 Å². The van der Waals surface area contributed by atoms with Crippen molar-refractivity contribution in [3.05, 3.63) is 35.4 Å². The van der Waals surface area contributed by atoms with Gasteiger partial charge in [-0.25, -0.2) is 0 Å². The molecule has 84 valence electrons. The van der Waals surface area contributed by atoms with Crippen molar-refractivity contribution in [2.24, 2.45) is 5.73 Å². The SMILES string of the molecule is N#CC(N)c1ccc(C2CCCCC2)cc1. The molecule has 0 aliphatic heterocycles. The summed E-state index contributed by atoms with van der Waals surface area (Å²) < 4.78 is 0. The van der Waals surface area contributed by atoms with E-state index in [1.165, 1.54) is 37.7 Å². The van der Waals surface area contributed by atoms with E-state index in [2.05, 4.69) is 18.2 Å². The zero-order chi connectivity index (χ0) is 11.4. The lowest BCUT2D eigenvalue weighted by Gasteiger charge is -2.22. The zero-order valence-electron chi connectivity index (χ0n) is 9.52. The molecule has 0 bridgehead atoms. The maximum absolute atomic E-state index is 8.73. The molecule has 1 aliphatic carbocycles. The molecule has 1 aliphatic rings. The Labute approximate surface area is 97.1 Å². The van der Waals surface area contributed by atoms with E-state index in [1.54, 1.807) is 0 Å². The van der Waals surface area contributed by atoms with E-state index in [1.807, 2.05) is 12.1 Å². The van der Waals surface area contributed by atoms with Gasteiger partial charge >= 0.3 is 0 Å². The van der Waals surface area contributed by atoms with Crippen molar-refractivity contribution in [3.8, 4) is 6.07 Å². The fourth-order valence-corrected chi connectivity index (χ4v) is 2.49. The van der Waals surface area contributed by atoms with Crippen LogP contribution in [0.5, 0.6) is 0 Å². The first-order valence-electron chi connectivity index (χ1n) is 6.06. The quantitative estimate of drug-likeness (QED) is 0.821. The van der Waals surface area contributed by atoms with Gasteiger partial charge in [-0.15, -0.1) is 0 Å². The lowest BCUT2D eigenvalue weighted by molar-refractivity contribution is 0.443. The second-order valence-electron chi connectivity index (χ2n) is 4.61. The number of hydrogen-bond donors (Lipinski definition) is 1. The van der Waals surface area contributed by atoms with E-state index in [9.17, 15) is 0 Å². The molecule has 1 atom stereocenters. The molecule has 0 saturated heterocycles. The van der Waals surface area contributed by atoms with Gasteiger partial charge in [0, 0.05) is 0 Å². The summed E-state index contributed by atoms with van der Waals surface area (Å²) in [5.41, 5.74) is 7.99. The van der Waals surface area contributed by atoms with Gasteiger partial charge in [0.25, 0.3) is 0 Å². The van der Waals surface area contributed by atoms with Crippen LogP contribution in [0, 0.1) is 11.3 Å². The number of nitriles is 1. The van der Waals surface area contributed by atoms with Crippen molar-refractivity contribution in [1.82, 2.24) is 0 Å². The fraction of sp³-hybridized carbons (Fsp3) is 0.500. The van der Waals surface area contributed by atoms with E-state index >= 15 is 0 Å². The molecule has 0 amide bonds. The summed E-state index contributed by atoms with van der Waals surface area (Å²) in [6, 6.07) is 9.85. The maximum Gasteiger partial charge on any atom is 0.118 e. The summed E-state index contributed by atoms with van der Waals surface area (Å²) in [6.07, 6.45) is 6.70. The third-order valence-electron chi connectivity index (χ3n) is 3.51. The molecule has 2 N–H and O–H groups in total. The molecular formula is C14H18N2.